The van der Waals surface area contributed by atoms with Gasteiger partial charge in [-0.15, -0.1) is 0 Å². The molecule has 0 aromatic heterocycles. The van der Waals surface area contributed by atoms with Gasteiger partial charge < -0.3 is 10.5 Å². The van der Waals surface area contributed by atoms with Gasteiger partial charge in [0.2, 0.25) is 0 Å². The van der Waals surface area contributed by atoms with Gasteiger partial charge in [-0.2, -0.15) is 0 Å². The summed E-state index contributed by atoms with van der Waals surface area (Å²) in [7, 11) is 0. The average Bonchev–Trinajstić information content (AvgIpc) is 2.38. The van der Waals surface area contributed by atoms with Crippen LogP contribution in [0, 0.1) is 13.8 Å². The van der Waals surface area contributed by atoms with Gasteiger partial charge in [-0.25, -0.2) is 0 Å². The highest BCUT2D eigenvalue weighted by molar-refractivity contribution is 5.37. The van der Waals surface area contributed by atoms with Crippen molar-refractivity contribution in [1.29, 1.82) is 0 Å². The quantitative estimate of drug-likeness (QED) is 0.889. The van der Waals surface area contributed by atoms with E-state index in [1.807, 2.05) is 6.07 Å². The molecular formula is C17H21NO. The molecule has 0 unspecified atom stereocenters. The molecule has 2 aromatic rings. The lowest BCUT2D eigenvalue weighted by atomic mass is 10.1. The Balaban J connectivity index is 2.10. The zero-order valence-corrected chi connectivity index (χ0v) is 11.6. The van der Waals surface area contributed by atoms with Crippen LogP contribution in [0.25, 0.3) is 0 Å². The second kappa shape index (κ2) is 6.39. The molecule has 0 aliphatic heterocycles. The van der Waals surface area contributed by atoms with E-state index in [4.69, 9.17) is 10.5 Å². The third-order valence-corrected chi connectivity index (χ3v) is 3.11. The number of hydrogen-bond donors (Lipinski definition) is 1. The molecule has 0 amide bonds. The van der Waals surface area contributed by atoms with Gasteiger partial charge in [0.1, 0.15) is 12.4 Å². The van der Waals surface area contributed by atoms with Crippen molar-refractivity contribution in [1.82, 2.24) is 0 Å². The minimum Gasteiger partial charge on any atom is -0.489 e. The number of ether oxygens (including phenoxy) is 1. The molecule has 2 nitrogen and oxygen atoms in total. The van der Waals surface area contributed by atoms with Crippen molar-refractivity contribution in [2.24, 2.45) is 5.73 Å². The largest absolute Gasteiger partial charge is 0.489 e. The summed E-state index contributed by atoms with van der Waals surface area (Å²) in [4.78, 5) is 0. The highest BCUT2D eigenvalue weighted by Crippen LogP contribution is 2.21. The van der Waals surface area contributed by atoms with E-state index < -0.39 is 0 Å². The van der Waals surface area contributed by atoms with E-state index in [2.05, 4.69) is 50.2 Å². The number of nitrogens with two attached hydrogens (primary N) is 1. The van der Waals surface area contributed by atoms with Crippen molar-refractivity contribution in [3.63, 3.8) is 0 Å². The highest BCUT2D eigenvalue weighted by atomic mass is 16.5. The molecule has 0 saturated carbocycles. The number of rotatable bonds is 5. The maximum atomic E-state index is 5.93. The molecule has 0 saturated heterocycles. The van der Waals surface area contributed by atoms with Gasteiger partial charge >= 0.3 is 0 Å². The zero-order chi connectivity index (χ0) is 13.7. The molecule has 0 spiro atoms. The first-order chi connectivity index (χ1) is 9.19. The molecule has 0 radical (unpaired) electrons. The first-order valence-corrected chi connectivity index (χ1v) is 6.67. The van der Waals surface area contributed by atoms with Crippen LogP contribution in [0.1, 0.15) is 22.3 Å². The van der Waals surface area contributed by atoms with Crippen LogP contribution in [0.3, 0.4) is 0 Å². The molecule has 2 aromatic carbocycles. The maximum Gasteiger partial charge on any atom is 0.123 e. The third kappa shape index (κ3) is 3.83. The van der Waals surface area contributed by atoms with E-state index in [0.29, 0.717) is 13.2 Å². The Bertz CT molecular complexity index is 549. The smallest absolute Gasteiger partial charge is 0.123 e. The predicted molar refractivity (Wildman–Crippen MR) is 79.4 cm³/mol. The SMILES string of the molecule is Cc1cccc(COc2ccc(C)cc2CCN)c1. The third-order valence-electron chi connectivity index (χ3n) is 3.11. The lowest BCUT2D eigenvalue weighted by Gasteiger charge is -2.12. The summed E-state index contributed by atoms with van der Waals surface area (Å²) in [6, 6.07) is 14.7. The molecule has 2 heteroatoms. The van der Waals surface area contributed by atoms with Crippen LogP contribution >= 0.6 is 0 Å². The molecule has 19 heavy (non-hydrogen) atoms. The first kappa shape index (κ1) is 13.6. The van der Waals surface area contributed by atoms with Gasteiger partial charge in [0.15, 0.2) is 0 Å². The van der Waals surface area contributed by atoms with E-state index in [1.54, 1.807) is 0 Å². The second-order valence-electron chi connectivity index (χ2n) is 4.93. The molecule has 0 atom stereocenters. The fraction of sp³-hybridized carbons (Fsp3) is 0.294. The lowest BCUT2D eigenvalue weighted by molar-refractivity contribution is 0.303. The van der Waals surface area contributed by atoms with Gasteiger partial charge in [0.25, 0.3) is 0 Å². The maximum absolute atomic E-state index is 5.93. The summed E-state index contributed by atoms with van der Waals surface area (Å²) in [5.41, 5.74) is 10.5. The minimum atomic E-state index is 0.600. The minimum absolute atomic E-state index is 0.600. The molecule has 0 bridgehead atoms. The fourth-order valence-electron chi connectivity index (χ4n) is 2.16. The summed E-state index contributed by atoms with van der Waals surface area (Å²) < 4.78 is 5.93. The topological polar surface area (TPSA) is 35.2 Å². The van der Waals surface area contributed by atoms with Gasteiger partial charge in [-0.1, -0.05) is 47.5 Å². The van der Waals surface area contributed by atoms with Crippen LogP contribution in [0.5, 0.6) is 5.75 Å². The number of hydrogen-bond acceptors (Lipinski definition) is 2. The van der Waals surface area contributed by atoms with Crippen molar-refractivity contribution in [3.8, 4) is 5.75 Å². The Morgan fingerprint density at radius 2 is 1.79 bits per heavy atom. The second-order valence-corrected chi connectivity index (χ2v) is 4.93. The molecule has 2 rings (SSSR count). The Kier molecular flexibility index (Phi) is 4.58. The Labute approximate surface area is 115 Å². The number of aryl methyl sites for hydroxylation is 2. The normalized spacial score (nSPS) is 10.5. The average molecular weight is 255 g/mol. The van der Waals surface area contributed by atoms with Crippen molar-refractivity contribution >= 4 is 0 Å². The molecule has 0 aliphatic carbocycles. The van der Waals surface area contributed by atoms with Gasteiger partial charge in [-0.3, -0.25) is 0 Å². The van der Waals surface area contributed by atoms with Crippen LogP contribution in [-0.4, -0.2) is 6.54 Å². The molecule has 0 fully saturated rings. The molecule has 100 valence electrons. The van der Waals surface area contributed by atoms with Gasteiger partial charge in [0.05, 0.1) is 0 Å². The Morgan fingerprint density at radius 1 is 1.00 bits per heavy atom. The van der Waals surface area contributed by atoms with E-state index in [-0.39, 0.29) is 0 Å². The number of benzene rings is 2. The lowest BCUT2D eigenvalue weighted by Crippen LogP contribution is -2.06. The van der Waals surface area contributed by atoms with Crippen molar-refractivity contribution in [2.75, 3.05) is 6.54 Å². The predicted octanol–water partition coefficient (Wildman–Crippen LogP) is 3.38. The molecular weight excluding hydrogens is 234 g/mol. The van der Waals surface area contributed by atoms with Crippen molar-refractivity contribution < 1.29 is 4.74 Å². The van der Waals surface area contributed by atoms with E-state index >= 15 is 0 Å². The van der Waals surface area contributed by atoms with Crippen molar-refractivity contribution in [3.05, 3.63) is 64.7 Å². The van der Waals surface area contributed by atoms with Crippen LogP contribution in [0.2, 0.25) is 0 Å². The molecule has 0 heterocycles. The fourth-order valence-corrected chi connectivity index (χ4v) is 2.16. The monoisotopic (exact) mass is 255 g/mol. The van der Waals surface area contributed by atoms with Crippen LogP contribution < -0.4 is 10.5 Å². The first-order valence-electron chi connectivity index (χ1n) is 6.67. The van der Waals surface area contributed by atoms with E-state index in [0.717, 1.165) is 12.2 Å². The summed E-state index contributed by atoms with van der Waals surface area (Å²) >= 11 is 0. The summed E-state index contributed by atoms with van der Waals surface area (Å²) in [6.07, 6.45) is 0.852. The van der Waals surface area contributed by atoms with Crippen LogP contribution in [-0.2, 0) is 13.0 Å². The van der Waals surface area contributed by atoms with E-state index in [1.165, 1.54) is 22.3 Å². The van der Waals surface area contributed by atoms with Gasteiger partial charge in [-0.05, 0) is 44.0 Å². The van der Waals surface area contributed by atoms with Crippen molar-refractivity contribution in [2.45, 2.75) is 26.9 Å². The van der Waals surface area contributed by atoms with Gasteiger partial charge in [0, 0.05) is 0 Å². The molecule has 0 aliphatic rings. The van der Waals surface area contributed by atoms with Crippen LogP contribution in [0.4, 0.5) is 0 Å². The zero-order valence-electron chi connectivity index (χ0n) is 11.6. The highest BCUT2D eigenvalue weighted by Gasteiger charge is 2.04. The summed E-state index contributed by atoms with van der Waals surface area (Å²) in [6.45, 7) is 5.42. The van der Waals surface area contributed by atoms with Crippen LogP contribution in [0.15, 0.2) is 42.5 Å². The Morgan fingerprint density at radius 3 is 2.53 bits per heavy atom. The summed E-state index contributed by atoms with van der Waals surface area (Å²) in [5.74, 6) is 0.942. The van der Waals surface area contributed by atoms with E-state index in [9.17, 15) is 0 Å². The Hall–Kier alpha value is -1.80. The standard InChI is InChI=1S/C17H21NO/c1-13-4-3-5-15(10-13)12-19-17-7-6-14(2)11-16(17)8-9-18/h3-7,10-11H,8-9,12,18H2,1-2H3. The molecule has 2 N–H and O–H groups in total. The summed E-state index contributed by atoms with van der Waals surface area (Å²) in [5, 5.41) is 0.